The number of carbonyl (C=O) groups excluding carboxylic acids is 1. The van der Waals surface area contributed by atoms with Gasteiger partial charge in [-0.1, -0.05) is 35.9 Å². The summed E-state index contributed by atoms with van der Waals surface area (Å²) in [5, 5.41) is 10.1. The highest BCUT2D eigenvalue weighted by molar-refractivity contribution is 7.80. The minimum Gasteiger partial charge on any atom is -0.362 e. The number of anilines is 2. The van der Waals surface area contributed by atoms with E-state index in [0.29, 0.717) is 22.4 Å². The van der Waals surface area contributed by atoms with Gasteiger partial charge in [0.1, 0.15) is 5.82 Å². The lowest BCUT2D eigenvalue weighted by Crippen LogP contribution is -2.30. The molecular formula is C22H19ClFN3OS. The Bertz CT molecular complexity index is 994. The number of hydrogen-bond acceptors (Lipinski definition) is 2. The summed E-state index contributed by atoms with van der Waals surface area (Å²) < 4.78 is 13.7. The first-order valence-electron chi connectivity index (χ1n) is 8.96. The van der Waals surface area contributed by atoms with Crippen LogP contribution in [0.3, 0.4) is 0 Å². The predicted octanol–water partition coefficient (Wildman–Crippen LogP) is 5.26. The van der Waals surface area contributed by atoms with Gasteiger partial charge in [0.25, 0.3) is 5.91 Å². The van der Waals surface area contributed by atoms with Gasteiger partial charge >= 0.3 is 0 Å². The second-order valence-corrected chi connectivity index (χ2v) is 7.11. The molecule has 4 nitrogen and oxygen atoms in total. The third kappa shape index (κ3) is 6.27. The summed E-state index contributed by atoms with van der Waals surface area (Å²) in [4.78, 5) is 12.1. The van der Waals surface area contributed by atoms with E-state index in [1.807, 2.05) is 24.3 Å². The second-order valence-electron chi connectivity index (χ2n) is 6.27. The highest BCUT2D eigenvalue weighted by atomic mass is 35.5. The van der Waals surface area contributed by atoms with Crippen molar-refractivity contribution in [1.29, 1.82) is 0 Å². The van der Waals surface area contributed by atoms with Crippen molar-refractivity contribution in [1.82, 2.24) is 5.32 Å². The molecule has 0 radical (unpaired) electrons. The average Bonchev–Trinajstić information content (AvgIpc) is 2.71. The lowest BCUT2D eigenvalue weighted by atomic mass is 10.1. The maximum atomic E-state index is 13.7. The van der Waals surface area contributed by atoms with Crippen molar-refractivity contribution < 1.29 is 9.18 Å². The monoisotopic (exact) mass is 427 g/mol. The largest absolute Gasteiger partial charge is 0.362 e. The summed E-state index contributed by atoms with van der Waals surface area (Å²) in [7, 11) is 0. The van der Waals surface area contributed by atoms with Gasteiger partial charge in [0.05, 0.1) is 5.56 Å². The number of amides is 1. The van der Waals surface area contributed by atoms with Crippen molar-refractivity contribution in [3.8, 4) is 0 Å². The first kappa shape index (κ1) is 20.8. The normalized spacial score (nSPS) is 10.3. The highest BCUT2D eigenvalue weighted by Gasteiger charge is 2.10. The molecular weight excluding hydrogens is 409 g/mol. The summed E-state index contributed by atoms with van der Waals surface area (Å²) in [5.41, 5.74) is 2.50. The van der Waals surface area contributed by atoms with E-state index in [1.54, 1.807) is 36.4 Å². The standard InChI is InChI=1S/C22H19ClFN3OS/c23-16-7-5-15(6-8-16)13-14-25-22(29)27-18-11-9-17(10-12-18)26-21(28)19-3-1-2-4-20(19)24/h1-12H,13-14H2,(H,26,28)(H2,25,27,29). The van der Waals surface area contributed by atoms with Crippen LogP contribution in [-0.4, -0.2) is 17.6 Å². The molecule has 0 spiro atoms. The van der Waals surface area contributed by atoms with Crippen LogP contribution in [0.1, 0.15) is 15.9 Å². The van der Waals surface area contributed by atoms with Gasteiger partial charge in [0.2, 0.25) is 0 Å². The molecule has 0 aliphatic carbocycles. The fourth-order valence-corrected chi connectivity index (χ4v) is 2.97. The van der Waals surface area contributed by atoms with E-state index < -0.39 is 11.7 Å². The molecule has 3 aromatic rings. The molecule has 0 bridgehead atoms. The Kier molecular flexibility index (Phi) is 7.16. The average molecular weight is 428 g/mol. The molecule has 0 saturated heterocycles. The van der Waals surface area contributed by atoms with E-state index in [0.717, 1.165) is 12.1 Å². The van der Waals surface area contributed by atoms with Crippen molar-refractivity contribution in [2.45, 2.75) is 6.42 Å². The number of nitrogens with one attached hydrogen (secondary N) is 3. The van der Waals surface area contributed by atoms with E-state index in [-0.39, 0.29) is 5.56 Å². The van der Waals surface area contributed by atoms with Crippen LogP contribution in [0.25, 0.3) is 0 Å². The van der Waals surface area contributed by atoms with Gasteiger partial charge in [-0.3, -0.25) is 4.79 Å². The second kappa shape index (κ2) is 10.0. The predicted molar refractivity (Wildman–Crippen MR) is 120 cm³/mol. The molecule has 148 valence electrons. The lowest BCUT2D eigenvalue weighted by molar-refractivity contribution is 0.102. The van der Waals surface area contributed by atoms with Crippen molar-refractivity contribution in [2.75, 3.05) is 17.2 Å². The Balaban J connectivity index is 1.47. The summed E-state index contributed by atoms with van der Waals surface area (Å²) in [5.74, 6) is -1.05. The Morgan fingerprint density at radius 1 is 0.897 bits per heavy atom. The van der Waals surface area contributed by atoms with Crippen molar-refractivity contribution in [3.63, 3.8) is 0 Å². The van der Waals surface area contributed by atoms with Crippen LogP contribution >= 0.6 is 23.8 Å². The molecule has 0 atom stereocenters. The minimum atomic E-state index is -0.557. The summed E-state index contributed by atoms with van der Waals surface area (Å²) in [6.45, 7) is 0.685. The number of carbonyl (C=O) groups is 1. The van der Waals surface area contributed by atoms with E-state index in [4.69, 9.17) is 23.8 Å². The van der Waals surface area contributed by atoms with Crippen LogP contribution < -0.4 is 16.0 Å². The molecule has 7 heteroatoms. The molecule has 29 heavy (non-hydrogen) atoms. The molecule has 3 N–H and O–H groups in total. The lowest BCUT2D eigenvalue weighted by Gasteiger charge is -2.12. The molecule has 3 rings (SSSR count). The van der Waals surface area contributed by atoms with Crippen LogP contribution in [0.5, 0.6) is 0 Å². The number of hydrogen-bond donors (Lipinski definition) is 3. The molecule has 1 amide bonds. The van der Waals surface area contributed by atoms with Crippen molar-refractivity contribution >= 4 is 46.2 Å². The van der Waals surface area contributed by atoms with Gasteiger partial charge < -0.3 is 16.0 Å². The minimum absolute atomic E-state index is 0.000710. The number of benzene rings is 3. The molecule has 0 aromatic heterocycles. The van der Waals surface area contributed by atoms with E-state index in [1.165, 1.54) is 17.7 Å². The Labute approximate surface area is 179 Å². The Morgan fingerprint density at radius 2 is 1.52 bits per heavy atom. The molecule has 0 unspecified atom stereocenters. The zero-order valence-electron chi connectivity index (χ0n) is 15.4. The van der Waals surface area contributed by atoms with E-state index in [9.17, 15) is 9.18 Å². The molecule has 0 aliphatic heterocycles. The maximum Gasteiger partial charge on any atom is 0.258 e. The maximum absolute atomic E-state index is 13.7. The van der Waals surface area contributed by atoms with Gasteiger partial charge in [-0.25, -0.2) is 4.39 Å². The van der Waals surface area contributed by atoms with Gasteiger partial charge in [0, 0.05) is 22.9 Å². The van der Waals surface area contributed by atoms with Gasteiger partial charge in [-0.2, -0.15) is 0 Å². The van der Waals surface area contributed by atoms with Crippen LogP contribution in [0, 0.1) is 5.82 Å². The number of halogens is 2. The third-order valence-corrected chi connectivity index (χ3v) is 4.63. The SMILES string of the molecule is O=C(Nc1ccc(NC(=S)NCCc2ccc(Cl)cc2)cc1)c1ccccc1F. The van der Waals surface area contributed by atoms with Gasteiger partial charge in [-0.05, 0) is 72.7 Å². The van der Waals surface area contributed by atoms with E-state index in [2.05, 4.69) is 16.0 Å². The van der Waals surface area contributed by atoms with Crippen LogP contribution in [-0.2, 0) is 6.42 Å². The molecule has 0 heterocycles. The first-order valence-corrected chi connectivity index (χ1v) is 9.75. The summed E-state index contributed by atoms with van der Waals surface area (Å²) in [6, 6.07) is 20.5. The quantitative estimate of drug-likeness (QED) is 0.469. The zero-order valence-corrected chi connectivity index (χ0v) is 17.0. The van der Waals surface area contributed by atoms with Crippen molar-refractivity contribution in [2.24, 2.45) is 0 Å². The Morgan fingerprint density at radius 3 is 2.17 bits per heavy atom. The fraction of sp³-hybridized carbons (Fsp3) is 0.0909. The number of thiocarbonyl (C=S) groups is 1. The van der Waals surface area contributed by atoms with Crippen LogP contribution in [0.4, 0.5) is 15.8 Å². The zero-order chi connectivity index (χ0) is 20.6. The van der Waals surface area contributed by atoms with Crippen LogP contribution in [0.2, 0.25) is 5.02 Å². The molecule has 3 aromatic carbocycles. The fourth-order valence-electron chi connectivity index (χ4n) is 2.63. The topological polar surface area (TPSA) is 53.2 Å². The van der Waals surface area contributed by atoms with E-state index >= 15 is 0 Å². The third-order valence-electron chi connectivity index (χ3n) is 4.13. The van der Waals surface area contributed by atoms with Gasteiger partial charge in [-0.15, -0.1) is 0 Å². The Hall–Kier alpha value is -2.96. The molecule has 0 aliphatic rings. The summed E-state index contributed by atoms with van der Waals surface area (Å²) in [6.07, 6.45) is 0.819. The van der Waals surface area contributed by atoms with Gasteiger partial charge in [0.15, 0.2) is 5.11 Å². The number of rotatable bonds is 6. The highest BCUT2D eigenvalue weighted by Crippen LogP contribution is 2.16. The summed E-state index contributed by atoms with van der Waals surface area (Å²) >= 11 is 11.2. The molecule has 0 fully saturated rings. The molecule has 0 saturated carbocycles. The van der Waals surface area contributed by atoms with Crippen LogP contribution in [0.15, 0.2) is 72.8 Å². The smallest absolute Gasteiger partial charge is 0.258 e. The van der Waals surface area contributed by atoms with Crippen molar-refractivity contribution in [3.05, 3.63) is 94.8 Å². The first-order chi connectivity index (χ1) is 14.0.